The molecular formula is C22H28N8O3. The predicted octanol–water partition coefficient (Wildman–Crippen LogP) is -0.188. The largest absolute Gasteiger partial charge is 0.395 e. The molecule has 1 aromatic carbocycles. The Labute approximate surface area is 191 Å². The summed E-state index contributed by atoms with van der Waals surface area (Å²) in [5.74, 6) is 0.0274. The van der Waals surface area contributed by atoms with E-state index in [1.807, 2.05) is 36.4 Å². The van der Waals surface area contributed by atoms with Crippen LogP contribution < -0.4 is 15.5 Å². The number of carbonyl (C=O) groups is 2. The average Bonchev–Trinajstić information content (AvgIpc) is 3.44. The van der Waals surface area contributed by atoms with Crippen LogP contribution in [0.1, 0.15) is 28.3 Å². The molecule has 3 aromatic rings. The van der Waals surface area contributed by atoms with Gasteiger partial charge in [0.25, 0.3) is 11.8 Å². The van der Waals surface area contributed by atoms with E-state index in [2.05, 4.69) is 25.8 Å². The molecule has 0 fully saturated rings. The number of anilines is 1. The summed E-state index contributed by atoms with van der Waals surface area (Å²) in [6.07, 6.45) is 2.62. The number of carbonyl (C=O) groups excluding carboxylic acids is 2. The van der Waals surface area contributed by atoms with E-state index in [-0.39, 0.29) is 18.3 Å². The Morgan fingerprint density at radius 3 is 2.82 bits per heavy atom. The summed E-state index contributed by atoms with van der Waals surface area (Å²) in [6.45, 7) is 2.32. The number of hydrogen-bond acceptors (Lipinski definition) is 7. The monoisotopic (exact) mass is 452 g/mol. The van der Waals surface area contributed by atoms with Crippen LogP contribution in [0.2, 0.25) is 0 Å². The molecule has 33 heavy (non-hydrogen) atoms. The van der Waals surface area contributed by atoms with Gasteiger partial charge in [0.15, 0.2) is 0 Å². The highest BCUT2D eigenvalue weighted by atomic mass is 16.3. The van der Waals surface area contributed by atoms with E-state index in [1.54, 1.807) is 16.4 Å². The molecule has 4 rings (SSSR count). The standard InChI is InChI=1S/C22H28N8O3/c1-28-19-13-17(7-9-23-10-12-31)26-30(19)11-8-18(22(28)33)25-21(32)20-24-15-29(27-20)14-16-5-3-2-4-6-16/h2-6,13,15,18,23,31H,7-12,14H2,1H3,(H,25,32)/t18-/m0/s1. The fraction of sp³-hybridized carbons (Fsp3) is 0.409. The van der Waals surface area contributed by atoms with Crippen LogP contribution in [-0.2, 0) is 24.3 Å². The third kappa shape index (κ3) is 5.44. The maximum Gasteiger partial charge on any atom is 0.291 e. The van der Waals surface area contributed by atoms with Gasteiger partial charge in [-0.25, -0.2) is 14.3 Å². The van der Waals surface area contributed by atoms with E-state index in [0.29, 0.717) is 44.8 Å². The first-order valence-corrected chi connectivity index (χ1v) is 11.0. The van der Waals surface area contributed by atoms with Gasteiger partial charge in [0.2, 0.25) is 5.82 Å². The minimum absolute atomic E-state index is 0.0287. The van der Waals surface area contributed by atoms with E-state index in [0.717, 1.165) is 11.3 Å². The van der Waals surface area contributed by atoms with Crippen LogP contribution in [0.4, 0.5) is 5.82 Å². The van der Waals surface area contributed by atoms with Crippen LogP contribution in [0.15, 0.2) is 42.7 Å². The molecule has 1 aliphatic heterocycles. The second-order valence-electron chi connectivity index (χ2n) is 7.90. The van der Waals surface area contributed by atoms with Crippen molar-refractivity contribution in [1.29, 1.82) is 0 Å². The number of nitrogens with zero attached hydrogens (tertiary/aromatic N) is 6. The van der Waals surface area contributed by atoms with Crippen molar-refractivity contribution in [2.45, 2.75) is 32.0 Å². The molecule has 0 spiro atoms. The van der Waals surface area contributed by atoms with E-state index in [4.69, 9.17) is 5.11 Å². The van der Waals surface area contributed by atoms with Crippen molar-refractivity contribution in [2.75, 3.05) is 31.6 Å². The number of fused-ring (bicyclic) bond motifs is 1. The maximum atomic E-state index is 13.0. The molecule has 0 bridgehead atoms. The highest BCUT2D eigenvalue weighted by molar-refractivity contribution is 6.00. The molecular weight excluding hydrogens is 424 g/mol. The molecule has 1 aliphatic rings. The van der Waals surface area contributed by atoms with E-state index in [1.165, 1.54) is 11.2 Å². The number of amides is 2. The van der Waals surface area contributed by atoms with Crippen LogP contribution in [0.3, 0.4) is 0 Å². The molecule has 0 radical (unpaired) electrons. The summed E-state index contributed by atoms with van der Waals surface area (Å²) in [4.78, 5) is 31.4. The molecule has 2 amide bonds. The van der Waals surface area contributed by atoms with Crippen molar-refractivity contribution < 1.29 is 14.7 Å². The summed E-state index contributed by atoms with van der Waals surface area (Å²) < 4.78 is 3.39. The number of hydrogen-bond donors (Lipinski definition) is 3. The first kappa shape index (κ1) is 22.6. The molecule has 11 nitrogen and oxygen atoms in total. The van der Waals surface area contributed by atoms with E-state index < -0.39 is 11.9 Å². The lowest BCUT2D eigenvalue weighted by Gasteiger charge is -2.19. The highest BCUT2D eigenvalue weighted by Gasteiger charge is 2.31. The lowest BCUT2D eigenvalue weighted by molar-refractivity contribution is -0.120. The SMILES string of the molecule is CN1C(=O)[C@@H](NC(=O)c2ncn(Cc3ccccc3)n2)CCn2nc(CCNCCO)cc21. The fourth-order valence-corrected chi connectivity index (χ4v) is 3.76. The molecule has 3 heterocycles. The van der Waals surface area contributed by atoms with Crippen molar-refractivity contribution in [3.05, 3.63) is 59.8 Å². The second kappa shape index (κ2) is 10.4. The smallest absolute Gasteiger partial charge is 0.291 e. The molecule has 11 heteroatoms. The number of rotatable bonds is 9. The van der Waals surface area contributed by atoms with Crippen molar-refractivity contribution >= 4 is 17.6 Å². The van der Waals surface area contributed by atoms with Gasteiger partial charge in [-0.3, -0.25) is 14.5 Å². The van der Waals surface area contributed by atoms with E-state index in [9.17, 15) is 9.59 Å². The Hall–Kier alpha value is -3.57. The number of benzene rings is 1. The van der Waals surface area contributed by atoms with Crippen molar-refractivity contribution in [2.24, 2.45) is 0 Å². The minimum Gasteiger partial charge on any atom is -0.395 e. The molecule has 0 saturated carbocycles. The zero-order valence-corrected chi connectivity index (χ0v) is 18.5. The van der Waals surface area contributed by atoms with Crippen LogP contribution in [0, 0.1) is 0 Å². The summed E-state index contributed by atoms with van der Waals surface area (Å²) >= 11 is 0. The van der Waals surface area contributed by atoms with Gasteiger partial charge >= 0.3 is 0 Å². The van der Waals surface area contributed by atoms with E-state index >= 15 is 0 Å². The van der Waals surface area contributed by atoms with Crippen molar-refractivity contribution in [3.63, 3.8) is 0 Å². The van der Waals surface area contributed by atoms with Gasteiger partial charge in [-0.2, -0.15) is 5.10 Å². The molecule has 174 valence electrons. The summed E-state index contributed by atoms with van der Waals surface area (Å²) in [6, 6.07) is 11.0. The Balaban J connectivity index is 1.36. The zero-order valence-electron chi connectivity index (χ0n) is 18.5. The average molecular weight is 453 g/mol. The Morgan fingerprint density at radius 1 is 1.21 bits per heavy atom. The third-order valence-electron chi connectivity index (χ3n) is 5.49. The Kier molecular flexibility index (Phi) is 7.10. The topological polar surface area (TPSA) is 130 Å². The Bertz CT molecular complexity index is 1090. The lowest BCUT2D eigenvalue weighted by Crippen LogP contribution is -2.47. The zero-order chi connectivity index (χ0) is 23.2. The van der Waals surface area contributed by atoms with Crippen molar-refractivity contribution in [3.8, 4) is 0 Å². The fourth-order valence-electron chi connectivity index (χ4n) is 3.76. The van der Waals surface area contributed by atoms with Gasteiger partial charge in [0.05, 0.1) is 18.8 Å². The summed E-state index contributed by atoms with van der Waals surface area (Å²) in [5, 5.41) is 23.6. The third-order valence-corrected chi connectivity index (χ3v) is 5.49. The second-order valence-corrected chi connectivity index (χ2v) is 7.90. The first-order chi connectivity index (χ1) is 16.0. The highest BCUT2D eigenvalue weighted by Crippen LogP contribution is 2.21. The molecule has 2 aromatic heterocycles. The summed E-state index contributed by atoms with van der Waals surface area (Å²) in [7, 11) is 1.68. The van der Waals surface area contributed by atoms with Crippen LogP contribution in [-0.4, -0.2) is 74.3 Å². The van der Waals surface area contributed by atoms with Gasteiger partial charge in [-0.05, 0) is 12.0 Å². The summed E-state index contributed by atoms with van der Waals surface area (Å²) in [5.41, 5.74) is 1.92. The number of aliphatic hydroxyl groups excluding tert-OH is 1. The minimum atomic E-state index is -0.694. The molecule has 0 unspecified atom stereocenters. The normalized spacial score (nSPS) is 15.9. The number of nitrogens with one attached hydrogen (secondary N) is 2. The number of aromatic nitrogens is 5. The lowest BCUT2D eigenvalue weighted by atomic mass is 10.2. The quantitative estimate of drug-likeness (QED) is 0.384. The Morgan fingerprint density at radius 2 is 2.03 bits per heavy atom. The molecule has 1 atom stereocenters. The number of aliphatic hydroxyl groups is 1. The van der Waals surface area contributed by atoms with Gasteiger partial charge in [0.1, 0.15) is 18.2 Å². The first-order valence-electron chi connectivity index (χ1n) is 11.0. The molecule has 0 saturated heterocycles. The predicted molar refractivity (Wildman–Crippen MR) is 121 cm³/mol. The van der Waals surface area contributed by atoms with Crippen molar-refractivity contribution in [1.82, 2.24) is 35.2 Å². The maximum absolute atomic E-state index is 13.0. The van der Waals surface area contributed by atoms with Gasteiger partial charge in [-0.15, -0.1) is 5.10 Å². The number of aryl methyl sites for hydroxylation is 1. The van der Waals surface area contributed by atoms with Crippen LogP contribution in [0.5, 0.6) is 0 Å². The van der Waals surface area contributed by atoms with Gasteiger partial charge in [-0.1, -0.05) is 30.3 Å². The number of likely N-dealkylation sites (N-methyl/N-ethyl adjacent to an activating group) is 1. The van der Waals surface area contributed by atoms with Crippen LogP contribution >= 0.6 is 0 Å². The van der Waals surface area contributed by atoms with Crippen LogP contribution in [0.25, 0.3) is 0 Å². The molecule has 0 aliphatic carbocycles. The van der Waals surface area contributed by atoms with Gasteiger partial charge in [0, 0.05) is 39.2 Å². The van der Waals surface area contributed by atoms with Gasteiger partial charge < -0.3 is 15.7 Å². The molecule has 3 N–H and O–H groups in total.